The van der Waals surface area contributed by atoms with Gasteiger partial charge in [-0.2, -0.15) is 0 Å². The molecule has 1 saturated heterocycles. The summed E-state index contributed by atoms with van der Waals surface area (Å²) in [4.78, 5) is 4.74. The number of anilines is 1. The number of aliphatic hydroxyl groups is 1. The van der Waals surface area contributed by atoms with E-state index in [2.05, 4.69) is 15.9 Å². The Kier molecular flexibility index (Phi) is 4.71. The van der Waals surface area contributed by atoms with Crippen molar-refractivity contribution in [2.24, 2.45) is 0 Å². The van der Waals surface area contributed by atoms with Crippen molar-refractivity contribution in [3.8, 4) is 0 Å². The number of piperazine rings is 1. The third-order valence-corrected chi connectivity index (χ3v) is 3.92. The van der Waals surface area contributed by atoms with E-state index in [1.54, 1.807) is 0 Å². The standard InChI is InChI=1S/C15H23ClN2O/c1-15(2,19)7-8-17-9-11-18(12-10-17)14-6-4-3-5-13(14)16/h3-6,19H,7-12H2,1-2H3. The molecule has 19 heavy (non-hydrogen) atoms. The topological polar surface area (TPSA) is 26.7 Å². The zero-order valence-corrected chi connectivity index (χ0v) is 12.5. The van der Waals surface area contributed by atoms with E-state index in [1.165, 1.54) is 0 Å². The van der Waals surface area contributed by atoms with Gasteiger partial charge in [0.1, 0.15) is 0 Å². The Bertz CT molecular complexity index is 409. The molecule has 1 aromatic carbocycles. The van der Waals surface area contributed by atoms with E-state index in [4.69, 9.17) is 11.6 Å². The molecule has 1 heterocycles. The van der Waals surface area contributed by atoms with Crippen molar-refractivity contribution in [1.82, 2.24) is 4.90 Å². The minimum Gasteiger partial charge on any atom is -0.390 e. The molecule has 2 rings (SSSR count). The van der Waals surface area contributed by atoms with Gasteiger partial charge in [-0.25, -0.2) is 0 Å². The number of nitrogens with zero attached hydrogens (tertiary/aromatic N) is 2. The molecule has 1 aliphatic rings. The van der Waals surface area contributed by atoms with Crippen LogP contribution in [0, 0.1) is 0 Å². The van der Waals surface area contributed by atoms with Gasteiger partial charge in [0, 0.05) is 32.7 Å². The third kappa shape index (κ3) is 4.37. The van der Waals surface area contributed by atoms with Crippen LogP contribution in [-0.4, -0.2) is 48.3 Å². The lowest BCUT2D eigenvalue weighted by atomic mass is 10.1. The first-order valence-electron chi connectivity index (χ1n) is 6.90. The molecule has 0 unspecified atom stereocenters. The van der Waals surface area contributed by atoms with E-state index in [0.29, 0.717) is 0 Å². The Morgan fingerprint density at radius 1 is 1.16 bits per heavy atom. The molecule has 1 aromatic rings. The number of hydrogen-bond acceptors (Lipinski definition) is 3. The summed E-state index contributed by atoms with van der Waals surface area (Å²) in [5, 5.41) is 10.6. The lowest BCUT2D eigenvalue weighted by molar-refractivity contribution is 0.0569. The summed E-state index contributed by atoms with van der Waals surface area (Å²) in [6, 6.07) is 8.01. The molecule has 1 fully saturated rings. The van der Waals surface area contributed by atoms with Gasteiger partial charge in [0.2, 0.25) is 0 Å². The van der Waals surface area contributed by atoms with Gasteiger partial charge in [0.05, 0.1) is 16.3 Å². The van der Waals surface area contributed by atoms with Gasteiger partial charge in [-0.05, 0) is 32.4 Å². The average molecular weight is 283 g/mol. The summed E-state index contributed by atoms with van der Waals surface area (Å²) in [5.41, 5.74) is 0.561. The molecule has 0 atom stereocenters. The van der Waals surface area contributed by atoms with Crippen LogP contribution in [0.2, 0.25) is 5.02 Å². The van der Waals surface area contributed by atoms with Crippen molar-refractivity contribution >= 4 is 17.3 Å². The quantitative estimate of drug-likeness (QED) is 0.920. The molecular formula is C15H23ClN2O. The first-order valence-corrected chi connectivity index (χ1v) is 7.28. The average Bonchev–Trinajstić information content (AvgIpc) is 2.37. The van der Waals surface area contributed by atoms with Crippen LogP contribution < -0.4 is 4.90 Å². The molecule has 0 amide bonds. The monoisotopic (exact) mass is 282 g/mol. The molecule has 0 spiro atoms. The van der Waals surface area contributed by atoms with Gasteiger partial charge >= 0.3 is 0 Å². The molecule has 0 bridgehead atoms. The van der Waals surface area contributed by atoms with Crippen LogP contribution in [0.4, 0.5) is 5.69 Å². The van der Waals surface area contributed by atoms with Gasteiger partial charge in [-0.3, -0.25) is 4.90 Å². The minimum absolute atomic E-state index is 0.570. The Hall–Kier alpha value is -0.770. The minimum atomic E-state index is -0.570. The first kappa shape index (κ1) is 14.6. The van der Waals surface area contributed by atoms with Crippen molar-refractivity contribution in [2.75, 3.05) is 37.6 Å². The predicted molar refractivity (Wildman–Crippen MR) is 81.0 cm³/mol. The third-order valence-electron chi connectivity index (χ3n) is 3.61. The molecule has 0 radical (unpaired) electrons. The van der Waals surface area contributed by atoms with E-state index < -0.39 is 5.60 Å². The van der Waals surface area contributed by atoms with E-state index in [-0.39, 0.29) is 0 Å². The van der Waals surface area contributed by atoms with Crippen LogP contribution in [0.3, 0.4) is 0 Å². The van der Waals surface area contributed by atoms with Crippen LogP contribution in [-0.2, 0) is 0 Å². The number of halogens is 1. The molecule has 0 aliphatic carbocycles. The molecular weight excluding hydrogens is 260 g/mol. The van der Waals surface area contributed by atoms with Gasteiger partial charge in [-0.15, -0.1) is 0 Å². The number of rotatable bonds is 4. The molecule has 0 aromatic heterocycles. The van der Waals surface area contributed by atoms with Crippen LogP contribution in [0.25, 0.3) is 0 Å². The Balaban J connectivity index is 1.84. The van der Waals surface area contributed by atoms with Gasteiger partial charge in [0.25, 0.3) is 0 Å². The summed E-state index contributed by atoms with van der Waals surface area (Å²) >= 11 is 6.23. The van der Waals surface area contributed by atoms with Crippen molar-refractivity contribution < 1.29 is 5.11 Å². The van der Waals surface area contributed by atoms with Crippen molar-refractivity contribution in [3.63, 3.8) is 0 Å². The molecule has 0 saturated carbocycles. The van der Waals surface area contributed by atoms with Gasteiger partial charge in [-0.1, -0.05) is 23.7 Å². The Morgan fingerprint density at radius 2 is 1.79 bits per heavy atom. The fourth-order valence-corrected chi connectivity index (χ4v) is 2.61. The number of para-hydroxylation sites is 1. The maximum Gasteiger partial charge on any atom is 0.0639 e. The van der Waals surface area contributed by atoms with Crippen molar-refractivity contribution in [3.05, 3.63) is 29.3 Å². The molecule has 3 nitrogen and oxygen atoms in total. The largest absolute Gasteiger partial charge is 0.390 e. The maximum absolute atomic E-state index is 9.76. The molecule has 1 aliphatic heterocycles. The Labute approximate surface area is 120 Å². The smallest absolute Gasteiger partial charge is 0.0639 e. The summed E-state index contributed by atoms with van der Waals surface area (Å²) in [6.45, 7) is 8.74. The summed E-state index contributed by atoms with van der Waals surface area (Å²) < 4.78 is 0. The van der Waals surface area contributed by atoms with E-state index in [0.717, 1.165) is 49.9 Å². The van der Waals surface area contributed by atoms with Crippen molar-refractivity contribution in [2.45, 2.75) is 25.9 Å². The SMILES string of the molecule is CC(C)(O)CCN1CCN(c2ccccc2Cl)CC1. The predicted octanol–water partition coefficient (Wildman–Crippen LogP) is 2.62. The van der Waals surface area contributed by atoms with Crippen molar-refractivity contribution in [1.29, 1.82) is 0 Å². The van der Waals surface area contributed by atoms with E-state index in [9.17, 15) is 5.11 Å². The maximum atomic E-state index is 9.76. The van der Waals surface area contributed by atoms with Crippen LogP contribution in [0.15, 0.2) is 24.3 Å². The second-order valence-corrected chi connectivity index (χ2v) is 6.25. The highest BCUT2D eigenvalue weighted by atomic mass is 35.5. The van der Waals surface area contributed by atoms with Gasteiger partial charge < -0.3 is 10.0 Å². The second kappa shape index (κ2) is 6.12. The second-order valence-electron chi connectivity index (χ2n) is 5.84. The zero-order chi connectivity index (χ0) is 13.9. The number of benzene rings is 1. The van der Waals surface area contributed by atoms with Crippen LogP contribution >= 0.6 is 11.6 Å². The van der Waals surface area contributed by atoms with Crippen LogP contribution in [0.5, 0.6) is 0 Å². The summed E-state index contributed by atoms with van der Waals surface area (Å²) in [7, 11) is 0. The highest BCUT2D eigenvalue weighted by Crippen LogP contribution is 2.26. The fourth-order valence-electron chi connectivity index (χ4n) is 2.35. The molecule has 4 heteroatoms. The molecule has 1 N–H and O–H groups in total. The fraction of sp³-hybridized carbons (Fsp3) is 0.600. The lowest BCUT2D eigenvalue weighted by Gasteiger charge is -2.37. The molecule has 106 valence electrons. The highest BCUT2D eigenvalue weighted by molar-refractivity contribution is 6.33. The normalized spacial score (nSPS) is 17.8. The van der Waals surface area contributed by atoms with E-state index >= 15 is 0 Å². The summed E-state index contributed by atoms with van der Waals surface area (Å²) in [6.07, 6.45) is 0.819. The lowest BCUT2D eigenvalue weighted by Crippen LogP contribution is -2.47. The van der Waals surface area contributed by atoms with E-state index in [1.807, 2.05) is 32.0 Å². The number of hydrogen-bond donors (Lipinski definition) is 1. The van der Waals surface area contributed by atoms with Gasteiger partial charge in [0.15, 0.2) is 0 Å². The zero-order valence-electron chi connectivity index (χ0n) is 11.8. The van der Waals surface area contributed by atoms with Crippen LogP contribution in [0.1, 0.15) is 20.3 Å². The Morgan fingerprint density at radius 3 is 2.37 bits per heavy atom. The highest BCUT2D eigenvalue weighted by Gasteiger charge is 2.20. The first-order chi connectivity index (χ1) is 8.96. The summed E-state index contributed by atoms with van der Waals surface area (Å²) in [5.74, 6) is 0.